The molecule has 0 fully saturated rings. The second-order valence-corrected chi connectivity index (χ2v) is 6.66. The molecule has 0 aliphatic heterocycles. The quantitative estimate of drug-likeness (QED) is 0.734. The molecule has 0 aliphatic rings. The van der Waals surface area contributed by atoms with Crippen molar-refractivity contribution >= 4 is 17.6 Å². The van der Waals surface area contributed by atoms with Crippen molar-refractivity contribution in [3.05, 3.63) is 69.5 Å². The molecule has 0 saturated carbocycles. The van der Waals surface area contributed by atoms with Crippen molar-refractivity contribution in [3.8, 4) is 6.07 Å². The highest BCUT2D eigenvalue weighted by atomic mass is 15.2. The molecule has 1 heterocycles. The first-order valence-electron chi connectivity index (χ1n) is 8.71. The van der Waals surface area contributed by atoms with Crippen molar-refractivity contribution in [1.29, 1.82) is 5.26 Å². The van der Waals surface area contributed by atoms with E-state index in [1.165, 1.54) is 27.8 Å². The third-order valence-corrected chi connectivity index (χ3v) is 4.83. The molecule has 0 bridgehead atoms. The molecule has 3 N–H and O–H groups in total. The zero-order valence-corrected chi connectivity index (χ0v) is 16.0. The molecule has 6 heteroatoms. The first-order chi connectivity index (χ1) is 12.9. The number of nitrogens with one attached hydrogen (secondary N) is 1. The van der Waals surface area contributed by atoms with Gasteiger partial charge in [-0.3, -0.25) is 0 Å². The predicted octanol–water partition coefficient (Wildman–Crippen LogP) is 3.89. The minimum absolute atomic E-state index is 0.177. The van der Waals surface area contributed by atoms with Crippen LogP contribution in [0, 0.1) is 39.0 Å². The van der Waals surface area contributed by atoms with Crippen molar-refractivity contribution in [1.82, 2.24) is 15.0 Å². The molecule has 1 aromatic heterocycles. The molecule has 0 aliphatic carbocycles. The van der Waals surface area contributed by atoms with Gasteiger partial charge in [0.2, 0.25) is 11.9 Å². The van der Waals surface area contributed by atoms with Gasteiger partial charge in [-0.15, -0.1) is 0 Å². The van der Waals surface area contributed by atoms with E-state index in [2.05, 4.69) is 60.1 Å². The van der Waals surface area contributed by atoms with Crippen molar-refractivity contribution < 1.29 is 0 Å². The average Bonchev–Trinajstić information content (AvgIpc) is 2.64. The fourth-order valence-electron chi connectivity index (χ4n) is 3.05. The second kappa shape index (κ2) is 7.42. The highest BCUT2D eigenvalue weighted by molar-refractivity contribution is 5.55. The number of hydrogen-bond acceptors (Lipinski definition) is 6. The molecule has 0 unspecified atom stereocenters. The van der Waals surface area contributed by atoms with Crippen LogP contribution < -0.4 is 11.1 Å². The highest BCUT2D eigenvalue weighted by Gasteiger charge is 2.12. The van der Waals surface area contributed by atoms with Crippen molar-refractivity contribution in [2.24, 2.45) is 0 Å². The van der Waals surface area contributed by atoms with E-state index < -0.39 is 0 Å². The van der Waals surface area contributed by atoms with Gasteiger partial charge in [-0.1, -0.05) is 6.07 Å². The van der Waals surface area contributed by atoms with E-state index in [1.54, 1.807) is 24.3 Å². The Kier molecular flexibility index (Phi) is 5.04. The molecule has 0 atom stereocenters. The summed E-state index contributed by atoms with van der Waals surface area (Å²) >= 11 is 0. The third kappa shape index (κ3) is 4.04. The standard InChI is InChI=1S/C21H22N6/c1-12-9-13(2)15(4)18(14(12)3)10-19-25-20(23)27-21(26-19)24-17-7-5-16(11-22)6-8-17/h5-9H,10H2,1-4H3,(H3,23,24,25,26,27). The van der Waals surface area contributed by atoms with Gasteiger partial charge in [0.1, 0.15) is 5.82 Å². The molecule has 0 radical (unpaired) electrons. The SMILES string of the molecule is Cc1cc(C)c(C)c(Cc2nc(N)nc(Nc3ccc(C#N)cc3)n2)c1C. The normalized spacial score (nSPS) is 10.5. The maximum atomic E-state index is 8.89. The Morgan fingerprint density at radius 1 is 0.963 bits per heavy atom. The number of nitrogens with zero attached hydrogens (tertiary/aromatic N) is 4. The maximum Gasteiger partial charge on any atom is 0.232 e. The minimum Gasteiger partial charge on any atom is -0.368 e. The topological polar surface area (TPSA) is 101 Å². The molecule has 0 spiro atoms. The summed E-state index contributed by atoms with van der Waals surface area (Å²) in [4.78, 5) is 13.0. The number of nitrogen functional groups attached to an aromatic ring is 1. The molecular formula is C21H22N6. The largest absolute Gasteiger partial charge is 0.368 e. The van der Waals surface area contributed by atoms with Crippen LogP contribution in [-0.4, -0.2) is 15.0 Å². The lowest BCUT2D eigenvalue weighted by molar-refractivity contribution is 0.920. The molecule has 3 rings (SSSR count). The Balaban J connectivity index is 1.91. The lowest BCUT2D eigenvalue weighted by Gasteiger charge is -2.15. The lowest BCUT2D eigenvalue weighted by Crippen LogP contribution is -2.09. The molecule has 27 heavy (non-hydrogen) atoms. The molecule has 3 aromatic rings. The van der Waals surface area contributed by atoms with Crippen LogP contribution in [0.4, 0.5) is 17.6 Å². The van der Waals surface area contributed by atoms with Crippen LogP contribution in [0.15, 0.2) is 30.3 Å². The monoisotopic (exact) mass is 358 g/mol. The smallest absolute Gasteiger partial charge is 0.232 e. The maximum absolute atomic E-state index is 8.89. The van der Waals surface area contributed by atoms with Gasteiger partial charge in [-0.05, 0) is 79.8 Å². The number of aromatic nitrogens is 3. The molecule has 136 valence electrons. The van der Waals surface area contributed by atoms with Crippen LogP contribution in [0.25, 0.3) is 0 Å². The first kappa shape index (κ1) is 18.3. The summed E-state index contributed by atoms with van der Waals surface area (Å²) in [6.07, 6.45) is 0.592. The fraction of sp³-hybridized carbons (Fsp3) is 0.238. The van der Waals surface area contributed by atoms with Crippen molar-refractivity contribution in [2.75, 3.05) is 11.1 Å². The van der Waals surface area contributed by atoms with Crippen molar-refractivity contribution in [3.63, 3.8) is 0 Å². The van der Waals surface area contributed by atoms with Gasteiger partial charge in [0, 0.05) is 12.1 Å². The summed E-state index contributed by atoms with van der Waals surface area (Å²) in [5.74, 6) is 1.19. The summed E-state index contributed by atoms with van der Waals surface area (Å²) in [5, 5.41) is 12.0. The second-order valence-electron chi connectivity index (χ2n) is 6.66. The van der Waals surface area contributed by atoms with Gasteiger partial charge >= 0.3 is 0 Å². The number of anilines is 3. The van der Waals surface area contributed by atoms with Gasteiger partial charge in [0.05, 0.1) is 11.6 Å². The van der Waals surface area contributed by atoms with E-state index in [4.69, 9.17) is 11.0 Å². The van der Waals surface area contributed by atoms with Crippen LogP contribution in [-0.2, 0) is 6.42 Å². The van der Waals surface area contributed by atoms with Crippen LogP contribution in [0.5, 0.6) is 0 Å². The number of nitriles is 1. The Morgan fingerprint density at radius 2 is 1.59 bits per heavy atom. The van der Waals surface area contributed by atoms with Gasteiger partial charge in [-0.25, -0.2) is 0 Å². The van der Waals surface area contributed by atoms with Crippen LogP contribution >= 0.6 is 0 Å². The van der Waals surface area contributed by atoms with Crippen LogP contribution in [0.3, 0.4) is 0 Å². The van der Waals surface area contributed by atoms with Crippen LogP contribution in [0.2, 0.25) is 0 Å². The highest BCUT2D eigenvalue weighted by Crippen LogP contribution is 2.24. The van der Waals surface area contributed by atoms with Crippen molar-refractivity contribution in [2.45, 2.75) is 34.1 Å². The van der Waals surface area contributed by atoms with E-state index in [1.807, 2.05) is 0 Å². The summed E-state index contributed by atoms with van der Waals surface area (Å²) in [5.41, 5.74) is 13.5. The summed E-state index contributed by atoms with van der Waals surface area (Å²) < 4.78 is 0. The molecule has 6 nitrogen and oxygen atoms in total. The Morgan fingerprint density at radius 3 is 2.19 bits per heavy atom. The number of hydrogen-bond donors (Lipinski definition) is 2. The minimum atomic E-state index is 0.177. The van der Waals surface area contributed by atoms with E-state index >= 15 is 0 Å². The number of aryl methyl sites for hydroxylation is 2. The molecule has 0 amide bonds. The molecule has 2 aromatic carbocycles. The molecular weight excluding hydrogens is 336 g/mol. The third-order valence-electron chi connectivity index (χ3n) is 4.83. The van der Waals surface area contributed by atoms with Gasteiger partial charge < -0.3 is 11.1 Å². The number of rotatable bonds is 4. The van der Waals surface area contributed by atoms with E-state index in [-0.39, 0.29) is 5.95 Å². The molecule has 0 saturated heterocycles. The number of benzene rings is 2. The van der Waals surface area contributed by atoms with E-state index in [0.29, 0.717) is 23.8 Å². The fourth-order valence-corrected chi connectivity index (χ4v) is 3.05. The summed E-state index contributed by atoms with van der Waals surface area (Å²) in [7, 11) is 0. The summed E-state index contributed by atoms with van der Waals surface area (Å²) in [6, 6.07) is 11.4. The summed E-state index contributed by atoms with van der Waals surface area (Å²) in [6.45, 7) is 8.48. The van der Waals surface area contributed by atoms with Gasteiger partial charge in [0.25, 0.3) is 0 Å². The first-order valence-corrected chi connectivity index (χ1v) is 8.71. The van der Waals surface area contributed by atoms with Gasteiger partial charge in [-0.2, -0.15) is 20.2 Å². The average molecular weight is 358 g/mol. The van der Waals surface area contributed by atoms with Gasteiger partial charge in [0.15, 0.2) is 0 Å². The number of nitrogens with two attached hydrogens (primary N) is 1. The predicted molar refractivity (Wildman–Crippen MR) is 107 cm³/mol. The van der Waals surface area contributed by atoms with Crippen LogP contribution in [0.1, 0.15) is 39.2 Å². The zero-order chi connectivity index (χ0) is 19.6. The van der Waals surface area contributed by atoms with E-state index in [0.717, 1.165) is 5.69 Å². The Labute approximate surface area is 159 Å². The Hall–Kier alpha value is -3.46. The zero-order valence-electron chi connectivity index (χ0n) is 16.0. The lowest BCUT2D eigenvalue weighted by atomic mass is 9.92. The van der Waals surface area contributed by atoms with E-state index in [9.17, 15) is 0 Å². The Bertz CT molecular complexity index is 1010.